The molecule has 0 aliphatic carbocycles. The van der Waals surface area contributed by atoms with Crippen LogP contribution in [-0.2, 0) is 44.7 Å². The van der Waals surface area contributed by atoms with Crippen LogP contribution in [0.3, 0.4) is 0 Å². The van der Waals surface area contributed by atoms with Crippen LogP contribution in [-0.4, -0.2) is 72.2 Å². The van der Waals surface area contributed by atoms with Crippen LogP contribution in [0.4, 0.5) is 0 Å². The first-order chi connectivity index (χ1) is 15.1. The molecule has 0 saturated heterocycles. The molecule has 12 nitrogen and oxygen atoms in total. The van der Waals surface area contributed by atoms with Gasteiger partial charge in [-0.25, -0.2) is 13.2 Å². The van der Waals surface area contributed by atoms with Gasteiger partial charge in [0, 0.05) is 33.3 Å². The SMILES string of the molecule is CCCCC(=O)NCCOCCOCCn1c(=O)n(C)c(=O)c2c1nc(S(C)(=O)=O)n2C. The van der Waals surface area contributed by atoms with Gasteiger partial charge in [0.2, 0.25) is 20.9 Å². The second-order valence-electron chi connectivity index (χ2n) is 7.37. The zero-order valence-electron chi connectivity index (χ0n) is 18.9. The van der Waals surface area contributed by atoms with Crippen LogP contribution in [0.2, 0.25) is 0 Å². The lowest BCUT2D eigenvalue weighted by Gasteiger charge is -2.10. The van der Waals surface area contributed by atoms with E-state index in [0.717, 1.165) is 23.7 Å². The molecule has 0 saturated carbocycles. The number of unbranched alkanes of at least 4 members (excludes halogenated alkanes) is 1. The van der Waals surface area contributed by atoms with Crippen LogP contribution in [0.15, 0.2) is 14.7 Å². The van der Waals surface area contributed by atoms with Crippen LogP contribution in [0, 0.1) is 0 Å². The van der Waals surface area contributed by atoms with E-state index < -0.39 is 21.1 Å². The maximum Gasteiger partial charge on any atom is 0.332 e. The molecule has 0 bridgehead atoms. The highest BCUT2D eigenvalue weighted by Gasteiger charge is 2.23. The molecule has 13 heteroatoms. The molecule has 2 rings (SSSR count). The summed E-state index contributed by atoms with van der Waals surface area (Å²) in [6.45, 7) is 3.61. The van der Waals surface area contributed by atoms with E-state index in [9.17, 15) is 22.8 Å². The number of carbonyl (C=O) groups excluding carboxylic acids is 1. The lowest BCUT2D eigenvalue weighted by molar-refractivity contribution is -0.121. The average Bonchev–Trinajstić information content (AvgIpc) is 3.09. The number of aryl methyl sites for hydroxylation is 1. The highest BCUT2D eigenvalue weighted by molar-refractivity contribution is 7.90. The summed E-state index contributed by atoms with van der Waals surface area (Å²) in [7, 11) is -0.949. The number of carbonyl (C=O) groups is 1. The van der Waals surface area contributed by atoms with Gasteiger partial charge in [-0.1, -0.05) is 13.3 Å². The van der Waals surface area contributed by atoms with Crippen LogP contribution >= 0.6 is 0 Å². The molecule has 1 N–H and O–H groups in total. The molecule has 180 valence electrons. The van der Waals surface area contributed by atoms with Gasteiger partial charge in [-0.2, -0.15) is 4.98 Å². The minimum atomic E-state index is -3.69. The van der Waals surface area contributed by atoms with Crippen molar-refractivity contribution >= 4 is 26.9 Å². The fraction of sp³-hybridized carbons (Fsp3) is 0.684. The monoisotopic (exact) mass is 473 g/mol. The third-order valence-electron chi connectivity index (χ3n) is 4.81. The number of amides is 1. The first kappa shape index (κ1) is 25.7. The number of ether oxygens (including phenoxy) is 2. The lowest BCUT2D eigenvalue weighted by Crippen LogP contribution is -2.39. The Bertz CT molecular complexity index is 1160. The van der Waals surface area contributed by atoms with Crippen molar-refractivity contribution in [2.45, 2.75) is 37.9 Å². The zero-order valence-corrected chi connectivity index (χ0v) is 19.7. The molecule has 0 spiro atoms. The topological polar surface area (TPSA) is 144 Å². The number of hydrogen-bond donors (Lipinski definition) is 1. The predicted molar refractivity (Wildman–Crippen MR) is 117 cm³/mol. The maximum atomic E-state index is 12.5. The molecule has 2 aromatic rings. The number of nitrogens with zero attached hydrogens (tertiary/aromatic N) is 4. The molecule has 2 aromatic heterocycles. The first-order valence-corrected chi connectivity index (χ1v) is 12.3. The van der Waals surface area contributed by atoms with Crippen LogP contribution in [0.25, 0.3) is 11.2 Å². The summed E-state index contributed by atoms with van der Waals surface area (Å²) in [5.74, 6) is 0.00858. The zero-order chi connectivity index (χ0) is 23.9. The van der Waals surface area contributed by atoms with Crippen molar-refractivity contribution < 1.29 is 22.7 Å². The molecule has 1 amide bonds. The third-order valence-corrected chi connectivity index (χ3v) is 5.83. The Labute approximate surface area is 186 Å². The van der Waals surface area contributed by atoms with Gasteiger partial charge in [-0.15, -0.1) is 0 Å². The number of rotatable bonds is 13. The molecule has 0 aliphatic rings. The first-order valence-electron chi connectivity index (χ1n) is 10.4. The Morgan fingerprint density at radius 2 is 1.72 bits per heavy atom. The van der Waals surface area contributed by atoms with E-state index in [1.165, 1.54) is 23.2 Å². The van der Waals surface area contributed by atoms with Crippen molar-refractivity contribution in [3.63, 3.8) is 0 Å². The fourth-order valence-corrected chi connectivity index (χ4v) is 3.95. The molecule has 2 heterocycles. The van der Waals surface area contributed by atoms with Crippen molar-refractivity contribution in [1.29, 1.82) is 0 Å². The van der Waals surface area contributed by atoms with E-state index in [0.29, 0.717) is 26.2 Å². The van der Waals surface area contributed by atoms with E-state index in [1.54, 1.807) is 0 Å². The lowest BCUT2D eigenvalue weighted by atomic mass is 10.2. The Morgan fingerprint density at radius 3 is 2.34 bits per heavy atom. The summed E-state index contributed by atoms with van der Waals surface area (Å²) < 4.78 is 38.1. The molecule has 0 unspecified atom stereocenters. The van der Waals surface area contributed by atoms with Gasteiger partial charge in [0.1, 0.15) is 0 Å². The Kier molecular flexibility index (Phi) is 9.16. The number of hydrogen-bond acceptors (Lipinski definition) is 8. The molecule has 32 heavy (non-hydrogen) atoms. The van der Waals surface area contributed by atoms with E-state index >= 15 is 0 Å². The van der Waals surface area contributed by atoms with Crippen LogP contribution < -0.4 is 16.6 Å². The summed E-state index contributed by atoms with van der Waals surface area (Å²) in [5.41, 5.74) is -1.21. The van der Waals surface area contributed by atoms with Crippen molar-refractivity contribution in [3.05, 3.63) is 20.8 Å². The van der Waals surface area contributed by atoms with Crippen molar-refractivity contribution in [3.8, 4) is 0 Å². The van der Waals surface area contributed by atoms with Gasteiger partial charge in [0.05, 0.1) is 33.0 Å². The van der Waals surface area contributed by atoms with Gasteiger partial charge in [-0.3, -0.25) is 18.7 Å². The van der Waals surface area contributed by atoms with Gasteiger partial charge in [0.25, 0.3) is 5.56 Å². The number of sulfone groups is 1. The summed E-state index contributed by atoms with van der Waals surface area (Å²) >= 11 is 0. The molecular formula is C19H31N5O7S. The minimum absolute atomic E-state index is 0.000287. The minimum Gasteiger partial charge on any atom is -0.377 e. The van der Waals surface area contributed by atoms with Crippen molar-refractivity contribution in [2.75, 3.05) is 39.2 Å². The molecule has 0 aromatic carbocycles. The smallest absolute Gasteiger partial charge is 0.332 e. The van der Waals surface area contributed by atoms with Crippen molar-refractivity contribution in [2.24, 2.45) is 14.1 Å². The molecule has 0 atom stereocenters. The highest BCUT2D eigenvalue weighted by Crippen LogP contribution is 2.14. The second kappa shape index (κ2) is 11.4. The molecule has 0 fully saturated rings. The number of nitrogens with one attached hydrogen (secondary N) is 1. The summed E-state index contributed by atoms with van der Waals surface area (Å²) in [6.07, 6.45) is 3.33. The molecule has 0 aliphatic heterocycles. The van der Waals surface area contributed by atoms with Crippen LogP contribution in [0.5, 0.6) is 0 Å². The summed E-state index contributed by atoms with van der Waals surface area (Å²) in [6, 6.07) is 0. The number of imidazole rings is 1. The standard InChI is InChI=1S/C19H31N5O7S/c1-5-6-7-14(25)20-8-10-30-12-13-31-11-9-24-16-15(17(26)23(3)19(24)27)22(2)18(21-16)32(4,28)29/h5-13H2,1-4H3,(H,20,25). The molecule has 0 radical (unpaired) electrons. The van der Waals surface area contributed by atoms with Crippen LogP contribution in [0.1, 0.15) is 26.2 Å². The van der Waals surface area contributed by atoms with Gasteiger partial charge >= 0.3 is 5.69 Å². The van der Waals surface area contributed by atoms with E-state index in [1.807, 2.05) is 6.92 Å². The Hall–Kier alpha value is -2.51. The van der Waals surface area contributed by atoms with E-state index in [4.69, 9.17) is 9.47 Å². The number of fused-ring (bicyclic) bond motifs is 1. The summed E-state index contributed by atoms with van der Waals surface area (Å²) in [5, 5.41) is 2.48. The number of aromatic nitrogens is 4. The third kappa shape index (κ3) is 6.26. The van der Waals surface area contributed by atoms with Gasteiger partial charge in [-0.05, 0) is 6.42 Å². The summed E-state index contributed by atoms with van der Waals surface area (Å²) in [4.78, 5) is 40.5. The normalized spacial score (nSPS) is 11.9. The second-order valence-corrected chi connectivity index (χ2v) is 9.28. The molecular weight excluding hydrogens is 442 g/mol. The highest BCUT2D eigenvalue weighted by atomic mass is 32.2. The van der Waals surface area contributed by atoms with E-state index in [2.05, 4.69) is 10.3 Å². The van der Waals surface area contributed by atoms with Crippen molar-refractivity contribution in [1.82, 2.24) is 24.0 Å². The Morgan fingerprint density at radius 1 is 1.06 bits per heavy atom. The maximum absolute atomic E-state index is 12.5. The predicted octanol–water partition coefficient (Wildman–Crippen LogP) is -0.823. The van der Waals surface area contributed by atoms with Gasteiger partial charge < -0.3 is 19.4 Å². The fourth-order valence-electron chi connectivity index (χ4n) is 3.11. The quantitative estimate of drug-likeness (QED) is 0.372. The average molecular weight is 474 g/mol. The van der Waals surface area contributed by atoms with Gasteiger partial charge in [0.15, 0.2) is 11.2 Å². The largest absolute Gasteiger partial charge is 0.377 e. The van der Waals surface area contributed by atoms with E-state index in [-0.39, 0.29) is 42.0 Å². The Balaban J connectivity index is 1.91.